The second-order valence-corrected chi connectivity index (χ2v) is 5.66. The van der Waals surface area contributed by atoms with Gasteiger partial charge in [0.1, 0.15) is 0 Å². The van der Waals surface area contributed by atoms with Crippen molar-refractivity contribution in [3.63, 3.8) is 0 Å². The van der Waals surface area contributed by atoms with E-state index in [-0.39, 0.29) is 5.95 Å². The monoisotopic (exact) mass is 344 g/mol. The molecule has 3 rings (SSSR count). The van der Waals surface area contributed by atoms with Crippen molar-refractivity contribution in [2.45, 2.75) is 20.0 Å². The normalized spacial score (nSPS) is 11.6. The Labute approximate surface area is 142 Å². The standard InChI is InChI=1S/C18H15F3N4/c1-10-6-7-13(9-23-10)15-11(2)24-17(22)25-16(15)12-4-3-5-14(8-12)18(19,20)21/h3-9H,1-2H3,(H2,22,24,25). The van der Waals surface area contributed by atoms with Crippen LogP contribution < -0.4 is 5.73 Å². The lowest BCUT2D eigenvalue weighted by atomic mass is 9.97. The molecule has 1 aromatic carbocycles. The average molecular weight is 344 g/mol. The Morgan fingerprint density at radius 2 is 1.72 bits per heavy atom. The van der Waals surface area contributed by atoms with E-state index in [0.717, 1.165) is 23.4 Å². The fourth-order valence-corrected chi connectivity index (χ4v) is 2.61. The molecule has 0 spiro atoms. The first-order chi connectivity index (χ1) is 11.8. The zero-order chi connectivity index (χ0) is 18.2. The summed E-state index contributed by atoms with van der Waals surface area (Å²) in [7, 11) is 0. The van der Waals surface area contributed by atoms with Gasteiger partial charge in [-0.3, -0.25) is 4.98 Å². The summed E-state index contributed by atoms with van der Waals surface area (Å²) in [5.74, 6) is 0.00809. The van der Waals surface area contributed by atoms with Crippen molar-refractivity contribution >= 4 is 5.95 Å². The van der Waals surface area contributed by atoms with Crippen LogP contribution in [-0.4, -0.2) is 15.0 Å². The molecule has 0 saturated carbocycles. The molecular weight excluding hydrogens is 329 g/mol. The van der Waals surface area contributed by atoms with Crippen LogP contribution in [0.5, 0.6) is 0 Å². The Kier molecular flexibility index (Phi) is 4.16. The number of benzene rings is 1. The molecule has 0 aliphatic carbocycles. The highest BCUT2D eigenvalue weighted by atomic mass is 19.4. The van der Waals surface area contributed by atoms with Crippen LogP contribution in [0.1, 0.15) is 17.0 Å². The van der Waals surface area contributed by atoms with Crippen molar-refractivity contribution in [3.05, 3.63) is 59.5 Å². The van der Waals surface area contributed by atoms with Gasteiger partial charge in [-0.25, -0.2) is 9.97 Å². The lowest BCUT2D eigenvalue weighted by molar-refractivity contribution is -0.137. The van der Waals surface area contributed by atoms with E-state index in [1.54, 1.807) is 19.2 Å². The number of hydrogen-bond acceptors (Lipinski definition) is 4. The second kappa shape index (κ2) is 6.16. The van der Waals surface area contributed by atoms with E-state index in [9.17, 15) is 13.2 Å². The number of nitrogen functional groups attached to an aromatic ring is 1. The van der Waals surface area contributed by atoms with Crippen LogP contribution in [0, 0.1) is 13.8 Å². The quantitative estimate of drug-likeness (QED) is 0.747. The van der Waals surface area contributed by atoms with Gasteiger partial charge >= 0.3 is 6.18 Å². The molecule has 0 bridgehead atoms. The molecule has 0 amide bonds. The van der Waals surface area contributed by atoms with E-state index < -0.39 is 11.7 Å². The highest BCUT2D eigenvalue weighted by Gasteiger charge is 2.31. The van der Waals surface area contributed by atoms with Crippen LogP contribution in [0.4, 0.5) is 19.1 Å². The Bertz CT molecular complexity index is 919. The number of nitrogens with zero attached hydrogens (tertiary/aromatic N) is 3. The highest BCUT2D eigenvalue weighted by molar-refractivity contribution is 5.82. The molecule has 7 heteroatoms. The fourth-order valence-electron chi connectivity index (χ4n) is 2.61. The molecule has 2 N–H and O–H groups in total. The molecule has 0 radical (unpaired) electrons. The SMILES string of the molecule is Cc1ccc(-c2c(C)nc(N)nc2-c2cccc(C(F)(F)F)c2)cn1. The van der Waals surface area contributed by atoms with Crippen LogP contribution in [0.3, 0.4) is 0 Å². The van der Waals surface area contributed by atoms with Gasteiger partial charge in [0, 0.05) is 28.6 Å². The summed E-state index contributed by atoms with van der Waals surface area (Å²) in [6, 6.07) is 8.66. The van der Waals surface area contributed by atoms with Gasteiger partial charge in [0.15, 0.2) is 0 Å². The van der Waals surface area contributed by atoms with Gasteiger partial charge in [0.25, 0.3) is 0 Å². The molecule has 0 fully saturated rings. The summed E-state index contributed by atoms with van der Waals surface area (Å²) in [4.78, 5) is 12.6. The summed E-state index contributed by atoms with van der Waals surface area (Å²) in [6.45, 7) is 3.59. The minimum atomic E-state index is -4.44. The molecule has 4 nitrogen and oxygen atoms in total. The van der Waals surface area contributed by atoms with Crippen molar-refractivity contribution in [1.82, 2.24) is 15.0 Å². The van der Waals surface area contributed by atoms with E-state index in [1.807, 2.05) is 19.1 Å². The maximum Gasteiger partial charge on any atom is 0.416 e. The summed E-state index contributed by atoms with van der Waals surface area (Å²) >= 11 is 0. The predicted octanol–water partition coefficient (Wildman–Crippen LogP) is 4.42. The van der Waals surface area contributed by atoms with Crippen molar-refractivity contribution in [2.24, 2.45) is 0 Å². The number of aromatic nitrogens is 3. The Balaban J connectivity index is 2.24. The number of pyridine rings is 1. The van der Waals surface area contributed by atoms with Gasteiger partial charge in [-0.05, 0) is 32.0 Å². The zero-order valence-corrected chi connectivity index (χ0v) is 13.6. The third-order valence-corrected chi connectivity index (χ3v) is 3.77. The maximum atomic E-state index is 13.0. The van der Waals surface area contributed by atoms with Crippen molar-refractivity contribution < 1.29 is 13.2 Å². The smallest absolute Gasteiger partial charge is 0.368 e. The van der Waals surface area contributed by atoms with Gasteiger partial charge in [-0.15, -0.1) is 0 Å². The molecule has 128 valence electrons. The minimum absolute atomic E-state index is 0.00809. The average Bonchev–Trinajstić information content (AvgIpc) is 2.55. The second-order valence-electron chi connectivity index (χ2n) is 5.66. The molecule has 0 saturated heterocycles. The van der Waals surface area contributed by atoms with E-state index in [4.69, 9.17) is 5.73 Å². The van der Waals surface area contributed by atoms with Crippen LogP contribution in [-0.2, 0) is 6.18 Å². The number of hydrogen-bond donors (Lipinski definition) is 1. The third-order valence-electron chi connectivity index (χ3n) is 3.77. The minimum Gasteiger partial charge on any atom is -0.368 e. The van der Waals surface area contributed by atoms with E-state index in [1.165, 1.54) is 6.07 Å². The van der Waals surface area contributed by atoms with Gasteiger partial charge in [-0.2, -0.15) is 13.2 Å². The predicted molar refractivity (Wildman–Crippen MR) is 89.6 cm³/mol. The van der Waals surface area contributed by atoms with E-state index in [0.29, 0.717) is 22.5 Å². The van der Waals surface area contributed by atoms with Crippen molar-refractivity contribution in [3.8, 4) is 22.4 Å². The largest absolute Gasteiger partial charge is 0.416 e. The first kappa shape index (κ1) is 16.9. The van der Waals surface area contributed by atoms with Gasteiger partial charge in [-0.1, -0.05) is 18.2 Å². The molecular formula is C18H15F3N4. The van der Waals surface area contributed by atoms with Crippen LogP contribution in [0.25, 0.3) is 22.4 Å². The third kappa shape index (κ3) is 3.45. The summed E-state index contributed by atoms with van der Waals surface area (Å²) in [5.41, 5.74) is 8.40. The molecule has 25 heavy (non-hydrogen) atoms. The number of rotatable bonds is 2. The number of halogens is 3. The Hall–Kier alpha value is -2.96. The molecule has 2 heterocycles. The van der Waals surface area contributed by atoms with Gasteiger partial charge in [0.2, 0.25) is 5.95 Å². The molecule has 3 aromatic rings. The van der Waals surface area contributed by atoms with E-state index in [2.05, 4.69) is 15.0 Å². The lowest BCUT2D eigenvalue weighted by Gasteiger charge is -2.14. The summed E-state index contributed by atoms with van der Waals surface area (Å²) in [5, 5.41) is 0. The number of nitrogens with two attached hydrogens (primary N) is 1. The molecule has 0 atom stereocenters. The molecule has 0 aliphatic rings. The number of alkyl halides is 3. The van der Waals surface area contributed by atoms with Crippen LogP contribution in [0.2, 0.25) is 0 Å². The van der Waals surface area contributed by atoms with Gasteiger partial charge < -0.3 is 5.73 Å². The highest BCUT2D eigenvalue weighted by Crippen LogP contribution is 2.36. The van der Waals surface area contributed by atoms with Crippen molar-refractivity contribution in [2.75, 3.05) is 5.73 Å². The molecule has 2 aromatic heterocycles. The molecule has 0 aliphatic heterocycles. The van der Waals surface area contributed by atoms with Gasteiger partial charge in [0.05, 0.1) is 17.0 Å². The van der Waals surface area contributed by atoms with Crippen LogP contribution >= 0.6 is 0 Å². The molecule has 0 unspecified atom stereocenters. The zero-order valence-electron chi connectivity index (χ0n) is 13.6. The number of aryl methyl sites for hydroxylation is 2. The Morgan fingerprint density at radius 3 is 2.36 bits per heavy atom. The van der Waals surface area contributed by atoms with Crippen molar-refractivity contribution in [1.29, 1.82) is 0 Å². The topological polar surface area (TPSA) is 64.7 Å². The lowest BCUT2D eigenvalue weighted by Crippen LogP contribution is -2.06. The number of anilines is 1. The maximum absolute atomic E-state index is 13.0. The first-order valence-corrected chi connectivity index (χ1v) is 7.50. The van der Waals surface area contributed by atoms with E-state index >= 15 is 0 Å². The fraction of sp³-hybridized carbons (Fsp3) is 0.167. The summed E-state index contributed by atoms with van der Waals surface area (Å²) in [6.07, 6.45) is -2.79. The van der Waals surface area contributed by atoms with Crippen LogP contribution in [0.15, 0.2) is 42.6 Å². The first-order valence-electron chi connectivity index (χ1n) is 7.50. The Morgan fingerprint density at radius 1 is 0.960 bits per heavy atom. The summed E-state index contributed by atoms with van der Waals surface area (Å²) < 4.78 is 39.1.